The van der Waals surface area contributed by atoms with Gasteiger partial charge in [-0.2, -0.15) is 5.26 Å². The SMILES string of the molecule is N#Cc1ncc2c(c1Br)c1cccnc1n2S(=O)(=O)c1ccccc1. The third-order valence-electron chi connectivity index (χ3n) is 3.85. The van der Waals surface area contributed by atoms with Crippen molar-refractivity contribution in [3.8, 4) is 6.07 Å². The van der Waals surface area contributed by atoms with Crippen molar-refractivity contribution in [1.82, 2.24) is 13.9 Å². The van der Waals surface area contributed by atoms with Gasteiger partial charge in [-0.05, 0) is 40.2 Å². The molecule has 0 saturated heterocycles. The van der Waals surface area contributed by atoms with Crippen LogP contribution in [0.3, 0.4) is 0 Å². The van der Waals surface area contributed by atoms with Gasteiger partial charge in [-0.3, -0.25) is 0 Å². The van der Waals surface area contributed by atoms with E-state index in [9.17, 15) is 13.7 Å². The molecule has 25 heavy (non-hydrogen) atoms. The molecule has 3 aromatic heterocycles. The fraction of sp³-hybridized carbons (Fsp3) is 0. The number of benzene rings is 1. The minimum Gasteiger partial charge on any atom is -0.242 e. The van der Waals surface area contributed by atoms with E-state index in [-0.39, 0.29) is 10.6 Å². The highest BCUT2D eigenvalue weighted by atomic mass is 79.9. The molecule has 0 N–H and O–H groups in total. The van der Waals surface area contributed by atoms with Crippen LogP contribution in [0.25, 0.3) is 21.9 Å². The van der Waals surface area contributed by atoms with Gasteiger partial charge in [0.05, 0.1) is 21.1 Å². The van der Waals surface area contributed by atoms with E-state index in [1.807, 2.05) is 6.07 Å². The normalized spacial score (nSPS) is 11.7. The van der Waals surface area contributed by atoms with Crippen LogP contribution >= 0.6 is 15.9 Å². The number of fused-ring (bicyclic) bond motifs is 3. The van der Waals surface area contributed by atoms with Crippen LogP contribution in [-0.2, 0) is 10.0 Å². The smallest absolute Gasteiger partial charge is 0.242 e. The average molecular weight is 413 g/mol. The Morgan fingerprint density at radius 2 is 1.84 bits per heavy atom. The van der Waals surface area contributed by atoms with E-state index in [0.717, 1.165) is 0 Å². The number of halogens is 1. The van der Waals surface area contributed by atoms with Crippen LogP contribution in [0.15, 0.2) is 64.2 Å². The molecule has 0 aliphatic carbocycles. The zero-order valence-corrected chi connectivity index (χ0v) is 15.0. The molecular weight excluding hydrogens is 404 g/mol. The fourth-order valence-corrected chi connectivity index (χ4v) is 4.87. The molecule has 0 bridgehead atoms. The van der Waals surface area contributed by atoms with Gasteiger partial charge in [-0.15, -0.1) is 0 Å². The van der Waals surface area contributed by atoms with Gasteiger partial charge < -0.3 is 0 Å². The first-order chi connectivity index (χ1) is 12.1. The molecule has 3 heterocycles. The highest BCUT2D eigenvalue weighted by Crippen LogP contribution is 2.36. The predicted octanol–water partition coefficient (Wildman–Crippen LogP) is 3.46. The molecule has 0 unspecified atom stereocenters. The number of nitriles is 1. The van der Waals surface area contributed by atoms with Crippen molar-refractivity contribution in [2.45, 2.75) is 4.90 Å². The van der Waals surface area contributed by atoms with Crippen LogP contribution in [-0.4, -0.2) is 22.4 Å². The molecule has 0 atom stereocenters. The van der Waals surface area contributed by atoms with Crippen molar-refractivity contribution in [3.63, 3.8) is 0 Å². The second-order valence-corrected chi connectivity index (χ2v) is 7.83. The van der Waals surface area contributed by atoms with E-state index >= 15 is 0 Å². The summed E-state index contributed by atoms with van der Waals surface area (Å²) in [7, 11) is -3.87. The number of pyridine rings is 2. The van der Waals surface area contributed by atoms with Crippen molar-refractivity contribution < 1.29 is 8.42 Å². The topological polar surface area (TPSA) is 88.6 Å². The Balaban J connectivity index is 2.22. The first kappa shape index (κ1) is 15.7. The van der Waals surface area contributed by atoms with Gasteiger partial charge in [0.25, 0.3) is 10.0 Å². The van der Waals surface area contributed by atoms with Crippen molar-refractivity contribution in [2.24, 2.45) is 0 Å². The first-order valence-corrected chi connectivity index (χ1v) is 9.43. The lowest BCUT2D eigenvalue weighted by atomic mass is 10.2. The summed E-state index contributed by atoms with van der Waals surface area (Å²) >= 11 is 3.38. The lowest BCUT2D eigenvalue weighted by molar-refractivity contribution is 0.590. The summed E-state index contributed by atoms with van der Waals surface area (Å²) in [6.07, 6.45) is 2.92. The van der Waals surface area contributed by atoms with Crippen molar-refractivity contribution in [1.29, 1.82) is 5.26 Å². The third kappa shape index (κ3) is 2.24. The Labute approximate surface area is 151 Å². The molecule has 0 aliphatic heterocycles. The van der Waals surface area contributed by atoms with E-state index in [0.29, 0.717) is 26.4 Å². The third-order valence-corrected chi connectivity index (χ3v) is 6.34. The summed E-state index contributed by atoms with van der Waals surface area (Å²) in [5, 5.41) is 10.4. The zero-order chi connectivity index (χ0) is 17.6. The number of rotatable bonds is 2. The second kappa shape index (κ2) is 5.65. The van der Waals surface area contributed by atoms with Crippen LogP contribution in [0.1, 0.15) is 5.69 Å². The maximum Gasteiger partial charge on any atom is 0.269 e. The first-order valence-electron chi connectivity index (χ1n) is 7.20. The number of hydrogen-bond donors (Lipinski definition) is 0. The molecule has 0 fully saturated rings. The Morgan fingerprint density at radius 3 is 2.56 bits per heavy atom. The average Bonchev–Trinajstić information content (AvgIpc) is 2.98. The molecule has 8 heteroatoms. The summed E-state index contributed by atoms with van der Waals surface area (Å²) in [4.78, 5) is 8.48. The lowest BCUT2D eigenvalue weighted by Crippen LogP contribution is -2.13. The van der Waals surface area contributed by atoms with Gasteiger partial charge >= 0.3 is 0 Å². The van der Waals surface area contributed by atoms with Crippen molar-refractivity contribution in [2.75, 3.05) is 0 Å². The second-order valence-electron chi connectivity index (χ2n) is 5.25. The Hall–Kier alpha value is -2.76. The number of nitrogens with zero attached hydrogens (tertiary/aromatic N) is 4. The Kier molecular flexibility index (Phi) is 3.56. The van der Waals surface area contributed by atoms with Crippen LogP contribution in [0.5, 0.6) is 0 Å². The van der Waals surface area contributed by atoms with Gasteiger partial charge in [-0.25, -0.2) is 22.4 Å². The molecule has 0 spiro atoms. The van der Waals surface area contributed by atoms with Gasteiger partial charge in [-0.1, -0.05) is 18.2 Å². The van der Waals surface area contributed by atoms with E-state index < -0.39 is 10.0 Å². The highest BCUT2D eigenvalue weighted by Gasteiger charge is 2.26. The van der Waals surface area contributed by atoms with Crippen molar-refractivity contribution >= 4 is 47.9 Å². The molecule has 4 rings (SSSR count). The molecular formula is C17H9BrN4O2S. The van der Waals surface area contributed by atoms with Crippen molar-refractivity contribution in [3.05, 3.63) is 65.0 Å². The van der Waals surface area contributed by atoms with Gasteiger partial charge in [0.15, 0.2) is 11.3 Å². The Morgan fingerprint density at radius 1 is 1.08 bits per heavy atom. The summed E-state index contributed by atoms with van der Waals surface area (Å²) in [6, 6.07) is 13.6. The van der Waals surface area contributed by atoms with Gasteiger partial charge in [0.1, 0.15) is 6.07 Å². The summed E-state index contributed by atoms with van der Waals surface area (Å²) < 4.78 is 28.0. The molecule has 4 aromatic rings. The molecule has 0 aliphatic rings. The van der Waals surface area contributed by atoms with Crippen LogP contribution < -0.4 is 0 Å². The number of aromatic nitrogens is 3. The van der Waals surface area contributed by atoms with E-state index in [1.165, 1.54) is 28.5 Å². The molecule has 0 radical (unpaired) electrons. The minimum absolute atomic E-state index is 0.153. The minimum atomic E-state index is -3.87. The molecule has 1 aromatic carbocycles. The van der Waals surface area contributed by atoms with E-state index in [4.69, 9.17) is 0 Å². The largest absolute Gasteiger partial charge is 0.269 e. The molecule has 0 amide bonds. The quantitative estimate of drug-likeness (QED) is 0.502. The summed E-state index contributed by atoms with van der Waals surface area (Å²) in [6.45, 7) is 0. The van der Waals surface area contributed by atoms with Crippen LogP contribution in [0.2, 0.25) is 0 Å². The predicted molar refractivity (Wildman–Crippen MR) is 96.5 cm³/mol. The summed E-state index contributed by atoms with van der Waals surface area (Å²) in [5.74, 6) is 0. The maximum absolute atomic E-state index is 13.2. The number of hydrogen-bond acceptors (Lipinski definition) is 5. The monoisotopic (exact) mass is 412 g/mol. The summed E-state index contributed by atoms with van der Waals surface area (Å²) in [5.41, 5.74) is 0.842. The van der Waals surface area contributed by atoms with E-state index in [1.54, 1.807) is 30.3 Å². The highest BCUT2D eigenvalue weighted by molar-refractivity contribution is 9.10. The lowest BCUT2D eigenvalue weighted by Gasteiger charge is -2.08. The van der Waals surface area contributed by atoms with Crippen LogP contribution in [0.4, 0.5) is 0 Å². The molecule has 122 valence electrons. The van der Waals surface area contributed by atoms with Gasteiger partial charge in [0, 0.05) is 17.0 Å². The van der Waals surface area contributed by atoms with Gasteiger partial charge in [0.2, 0.25) is 0 Å². The fourth-order valence-electron chi connectivity index (χ4n) is 2.78. The standard InChI is InChI=1S/C17H9BrN4O2S/c18-16-13(9-19)21-10-14-15(16)12-7-4-8-20-17(12)22(14)25(23,24)11-5-2-1-3-6-11/h1-8,10H. The zero-order valence-electron chi connectivity index (χ0n) is 12.6. The molecule has 0 saturated carbocycles. The Bertz CT molecular complexity index is 1270. The molecule has 6 nitrogen and oxygen atoms in total. The van der Waals surface area contributed by atoms with Crippen LogP contribution in [0, 0.1) is 11.3 Å². The maximum atomic E-state index is 13.2. The van der Waals surface area contributed by atoms with E-state index in [2.05, 4.69) is 25.9 Å².